The van der Waals surface area contributed by atoms with Gasteiger partial charge in [0.25, 0.3) is 0 Å². The number of hydrogen-bond donors (Lipinski definition) is 5. The van der Waals surface area contributed by atoms with Crippen LogP contribution >= 0.6 is 0 Å². The van der Waals surface area contributed by atoms with Crippen molar-refractivity contribution in [3.63, 3.8) is 0 Å². The van der Waals surface area contributed by atoms with E-state index in [-0.39, 0.29) is 0 Å². The van der Waals surface area contributed by atoms with Gasteiger partial charge in [-0.25, -0.2) is 14.4 Å². The van der Waals surface area contributed by atoms with Gasteiger partial charge in [-0.2, -0.15) is 0 Å². The van der Waals surface area contributed by atoms with Gasteiger partial charge in [0.1, 0.15) is 11.1 Å². The van der Waals surface area contributed by atoms with Gasteiger partial charge < -0.3 is 31.1 Å². The summed E-state index contributed by atoms with van der Waals surface area (Å²) in [4.78, 5) is 40.8. The number of nitrogens with two attached hydrogens (primary N) is 1. The molecule has 0 aliphatic carbocycles. The highest BCUT2D eigenvalue weighted by atomic mass is 16.6. The molecule has 1 atom stereocenters. The van der Waals surface area contributed by atoms with Crippen LogP contribution in [0.2, 0.25) is 0 Å². The average molecular weight is 336 g/mol. The van der Waals surface area contributed by atoms with Crippen molar-refractivity contribution in [1.82, 2.24) is 5.32 Å². The van der Waals surface area contributed by atoms with E-state index >= 15 is 0 Å². The molecular formula is C13H24N2O8. The molecule has 0 aromatic carbocycles. The van der Waals surface area contributed by atoms with Crippen LogP contribution in [0.1, 0.15) is 41.5 Å². The third-order valence-electron chi connectivity index (χ3n) is 2.74. The Morgan fingerprint density at radius 3 is 1.43 bits per heavy atom. The van der Waals surface area contributed by atoms with E-state index in [1.165, 1.54) is 20.8 Å². The fourth-order valence-electron chi connectivity index (χ4n) is 0.956. The third kappa shape index (κ3) is 8.61. The van der Waals surface area contributed by atoms with Gasteiger partial charge in [-0.15, -0.1) is 0 Å². The highest BCUT2D eigenvalue weighted by Gasteiger charge is 2.46. The van der Waals surface area contributed by atoms with Crippen molar-refractivity contribution in [2.75, 3.05) is 0 Å². The van der Waals surface area contributed by atoms with Crippen molar-refractivity contribution >= 4 is 24.0 Å². The van der Waals surface area contributed by atoms with E-state index in [2.05, 4.69) is 5.32 Å². The topological polar surface area (TPSA) is 176 Å². The third-order valence-corrected chi connectivity index (χ3v) is 2.74. The summed E-state index contributed by atoms with van der Waals surface area (Å²) in [5, 5.41) is 26.3. The Labute approximate surface area is 133 Å². The van der Waals surface area contributed by atoms with Crippen LogP contribution in [-0.2, 0) is 19.1 Å². The van der Waals surface area contributed by atoms with E-state index < -0.39 is 40.7 Å². The van der Waals surface area contributed by atoms with Crippen LogP contribution in [0.25, 0.3) is 0 Å². The fourth-order valence-corrected chi connectivity index (χ4v) is 0.956. The van der Waals surface area contributed by atoms with Crippen molar-refractivity contribution in [2.24, 2.45) is 5.73 Å². The summed E-state index contributed by atoms with van der Waals surface area (Å²) >= 11 is 0. The van der Waals surface area contributed by atoms with Crippen LogP contribution in [0.4, 0.5) is 4.79 Å². The SMILES string of the molecule is CC(C)(C)OC(=O)NC(C)(C)[C@](C)(N)C(=O)O.O=C(O)C(=O)O. The largest absolute Gasteiger partial charge is 0.480 e. The fraction of sp³-hybridized carbons (Fsp3) is 0.692. The Kier molecular flexibility index (Phi) is 7.74. The van der Waals surface area contributed by atoms with Gasteiger partial charge in [-0.05, 0) is 41.5 Å². The summed E-state index contributed by atoms with van der Waals surface area (Å²) < 4.78 is 5.05. The Morgan fingerprint density at radius 1 is 0.870 bits per heavy atom. The number of hydrogen-bond acceptors (Lipinski definition) is 6. The minimum absolute atomic E-state index is 0.644. The lowest BCUT2D eigenvalue weighted by atomic mass is 9.82. The Hall–Kier alpha value is -2.36. The highest BCUT2D eigenvalue weighted by molar-refractivity contribution is 6.27. The number of carboxylic acids is 3. The van der Waals surface area contributed by atoms with Crippen molar-refractivity contribution in [1.29, 1.82) is 0 Å². The number of carbonyl (C=O) groups excluding carboxylic acids is 1. The minimum atomic E-state index is -1.82. The van der Waals surface area contributed by atoms with Gasteiger partial charge in [0.15, 0.2) is 0 Å². The number of carbonyl (C=O) groups is 4. The van der Waals surface area contributed by atoms with E-state index in [4.69, 9.17) is 35.4 Å². The zero-order valence-corrected chi connectivity index (χ0v) is 14.0. The maximum absolute atomic E-state index is 11.6. The van der Waals surface area contributed by atoms with E-state index in [0.717, 1.165) is 0 Å². The smallest absolute Gasteiger partial charge is 0.414 e. The summed E-state index contributed by atoms with van der Waals surface area (Å²) in [6.07, 6.45) is -0.694. The molecule has 0 radical (unpaired) electrons. The number of aliphatic carboxylic acids is 3. The van der Waals surface area contributed by atoms with E-state index in [9.17, 15) is 9.59 Å². The first-order valence-electron chi connectivity index (χ1n) is 6.43. The standard InChI is InChI=1S/C11H22N2O4.C2H2O4/c1-9(2,3)17-8(16)13-10(4,5)11(6,12)7(14)15;3-1(4)2(5)6/h12H2,1-6H3,(H,13,16)(H,14,15);(H,3,4)(H,5,6)/t11-;/m1./s1. The minimum Gasteiger partial charge on any atom is -0.480 e. The summed E-state index contributed by atoms with van der Waals surface area (Å²) in [7, 11) is 0. The molecule has 23 heavy (non-hydrogen) atoms. The average Bonchev–Trinajstić information content (AvgIpc) is 2.25. The second-order valence-electron chi connectivity index (χ2n) is 6.37. The number of alkyl carbamates (subject to hydrolysis) is 1. The summed E-state index contributed by atoms with van der Waals surface area (Å²) in [5.41, 5.74) is 2.30. The maximum atomic E-state index is 11.6. The van der Waals surface area contributed by atoms with Gasteiger partial charge in [-0.1, -0.05) is 0 Å². The molecule has 0 unspecified atom stereocenters. The van der Waals surface area contributed by atoms with Crippen molar-refractivity contribution in [3.05, 3.63) is 0 Å². The molecule has 134 valence electrons. The zero-order valence-electron chi connectivity index (χ0n) is 14.0. The van der Waals surface area contributed by atoms with Gasteiger partial charge >= 0.3 is 24.0 Å². The predicted molar refractivity (Wildman–Crippen MR) is 78.9 cm³/mol. The van der Waals surface area contributed by atoms with Crippen LogP contribution < -0.4 is 11.1 Å². The van der Waals surface area contributed by atoms with Crippen LogP contribution in [0.5, 0.6) is 0 Å². The van der Waals surface area contributed by atoms with Gasteiger partial charge in [0.05, 0.1) is 5.54 Å². The van der Waals surface area contributed by atoms with Gasteiger partial charge in [0, 0.05) is 0 Å². The molecule has 0 heterocycles. The summed E-state index contributed by atoms with van der Waals surface area (Å²) in [5.74, 6) is -4.84. The summed E-state index contributed by atoms with van der Waals surface area (Å²) in [6, 6.07) is 0. The quantitative estimate of drug-likeness (QED) is 0.452. The number of rotatable bonds is 3. The first-order chi connectivity index (χ1) is 9.94. The molecule has 10 nitrogen and oxygen atoms in total. The molecule has 0 aliphatic rings. The van der Waals surface area contributed by atoms with Crippen molar-refractivity contribution < 1.29 is 39.2 Å². The first kappa shape index (κ1) is 22.9. The zero-order chi connectivity index (χ0) is 19.2. The Balaban J connectivity index is 0. The van der Waals surface area contributed by atoms with Crippen LogP contribution in [-0.4, -0.2) is 56.0 Å². The molecule has 0 spiro atoms. The molecule has 0 bridgehead atoms. The van der Waals surface area contributed by atoms with Crippen LogP contribution in [0.3, 0.4) is 0 Å². The Morgan fingerprint density at radius 2 is 1.22 bits per heavy atom. The second-order valence-corrected chi connectivity index (χ2v) is 6.37. The Bertz CT molecular complexity index is 465. The monoisotopic (exact) mass is 336 g/mol. The molecule has 0 fully saturated rings. The second kappa shape index (κ2) is 7.77. The lowest BCUT2D eigenvalue weighted by Crippen LogP contribution is -2.68. The molecule has 0 aromatic heterocycles. The molecule has 0 rings (SSSR count). The lowest BCUT2D eigenvalue weighted by Gasteiger charge is -2.38. The molecule has 0 saturated heterocycles. The van der Waals surface area contributed by atoms with E-state index in [1.54, 1.807) is 20.8 Å². The molecular weight excluding hydrogens is 312 g/mol. The van der Waals surface area contributed by atoms with Gasteiger partial charge in [-0.3, -0.25) is 4.79 Å². The number of ether oxygens (including phenoxy) is 1. The highest BCUT2D eigenvalue weighted by Crippen LogP contribution is 2.20. The molecule has 10 heteroatoms. The van der Waals surface area contributed by atoms with Crippen molar-refractivity contribution in [3.8, 4) is 0 Å². The van der Waals surface area contributed by atoms with Crippen molar-refractivity contribution in [2.45, 2.75) is 58.2 Å². The normalized spacial score (nSPS) is 13.7. The summed E-state index contributed by atoms with van der Waals surface area (Å²) in [6.45, 7) is 9.57. The lowest BCUT2D eigenvalue weighted by molar-refractivity contribution is -0.159. The number of carboxylic acid groups (broad SMARTS) is 3. The molecule has 0 aliphatic heterocycles. The molecule has 1 amide bonds. The number of amides is 1. The van der Waals surface area contributed by atoms with E-state index in [1.807, 2.05) is 0 Å². The first-order valence-corrected chi connectivity index (χ1v) is 6.43. The molecule has 0 aromatic rings. The number of nitrogens with one attached hydrogen (secondary N) is 1. The van der Waals surface area contributed by atoms with Crippen LogP contribution in [0.15, 0.2) is 0 Å². The molecule has 0 saturated carbocycles. The van der Waals surface area contributed by atoms with Crippen LogP contribution in [0, 0.1) is 0 Å². The molecule has 6 N–H and O–H groups in total. The predicted octanol–water partition coefficient (Wildman–Crippen LogP) is 0.247. The van der Waals surface area contributed by atoms with E-state index in [0.29, 0.717) is 0 Å². The van der Waals surface area contributed by atoms with Gasteiger partial charge in [0.2, 0.25) is 0 Å². The maximum Gasteiger partial charge on any atom is 0.414 e.